The van der Waals surface area contributed by atoms with Crippen LogP contribution in [0.2, 0.25) is 5.15 Å². The Morgan fingerprint density at radius 3 is 1.85 bits per heavy atom. The van der Waals surface area contributed by atoms with Crippen molar-refractivity contribution in [3.05, 3.63) is 52.9 Å². The van der Waals surface area contributed by atoms with Gasteiger partial charge >= 0.3 is 12.4 Å². The number of alkyl halides is 6. The summed E-state index contributed by atoms with van der Waals surface area (Å²) in [7, 11) is 0. The summed E-state index contributed by atoms with van der Waals surface area (Å²) < 4.78 is 72.4. The number of halogens is 7. The minimum absolute atomic E-state index is 0.0537. The Morgan fingerprint density at radius 1 is 0.926 bits per heavy atom. The predicted octanol–water partition coefficient (Wildman–Crippen LogP) is 5.70. The summed E-state index contributed by atoms with van der Waals surface area (Å²) in [6, 6.07) is 4.52. The lowest BCUT2D eigenvalue weighted by Gasteiger charge is -2.17. The first-order valence-electron chi connectivity index (χ1n) is 7.94. The number of hydrogen-bond donors (Lipinski definition) is 0. The van der Waals surface area contributed by atoms with E-state index in [0.29, 0.717) is 17.9 Å². The van der Waals surface area contributed by atoms with Crippen LogP contribution < -0.4 is 4.90 Å². The van der Waals surface area contributed by atoms with E-state index < -0.39 is 23.5 Å². The van der Waals surface area contributed by atoms with Gasteiger partial charge in [-0.1, -0.05) is 18.5 Å². The SMILES string of the molecule is C[C@H]1CCN(c2ccc(C(F)(F)F)cn2)C1.FC(F)(F)c1ccc(Cl)nc1. The van der Waals surface area contributed by atoms with Gasteiger partial charge < -0.3 is 4.90 Å². The van der Waals surface area contributed by atoms with Crippen LogP contribution in [0.25, 0.3) is 0 Å². The van der Waals surface area contributed by atoms with E-state index in [1.165, 1.54) is 6.07 Å². The van der Waals surface area contributed by atoms with Gasteiger partial charge in [0.1, 0.15) is 11.0 Å². The molecule has 1 fully saturated rings. The number of hydrogen-bond acceptors (Lipinski definition) is 3. The Balaban J connectivity index is 0.000000208. The molecule has 0 radical (unpaired) electrons. The number of aromatic nitrogens is 2. The van der Waals surface area contributed by atoms with Gasteiger partial charge in [0.15, 0.2) is 0 Å². The lowest BCUT2D eigenvalue weighted by atomic mass is 10.2. The van der Waals surface area contributed by atoms with Crippen molar-refractivity contribution >= 4 is 17.4 Å². The van der Waals surface area contributed by atoms with Gasteiger partial charge in [0, 0.05) is 25.5 Å². The maximum absolute atomic E-state index is 12.3. The normalized spacial score (nSPS) is 17.5. The quantitative estimate of drug-likeness (QED) is 0.445. The second kappa shape index (κ2) is 8.33. The van der Waals surface area contributed by atoms with Crippen molar-refractivity contribution in [2.24, 2.45) is 5.92 Å². The molecule has 10 heteroatoms. The zero-order valence-electron chi connectivity index (χ0n) is 14.2. The number of rotatable bonds is 1. The highest BCUT2D eigenvalue weighted by atomic mass is 35.5. The molecule has 0 aliphatic carbocycles. The van der Waals surface area contributed by atoms with Crippen molar-refractivity contribution in [2.45, 2.75) is 25.7 Å². The van der Waals surface area contributed by atoms with Crippen LogP contribution in [0, 0.1) is 5.92 Å². The maximum Gasteiger partial charge on any atom is 0.417 e. The molecule has 0 amide bonds. The molecule has 0 spiro atoms. The molecule has 0 saturated carbocycles. The highest BCUT2D eigenvalue weighted by Crippen LogP contribution is 2.30. The van der Waals surface area contributed by atoms with Crippen LogP contribution >= 0.6 is 11.6 Å². The third-order valence-electron chi connectivity index (χ3n) is 3.88. The molecule has 27 heavy (non-hydrogen) atoms. The molecule has 1 saturated heterocycles. The van der Waals surface area contributed by atoms with Gasteiger partial charge in [0.2, 0.25) is 0 Å². The summed E-state index contributed by atoms with van der Waals surface area (Å²) in [5, 5.41) is 0.0537. The highest BCUT2D eigenvalue weighted by molar-refractivity contribution is 6.29. The summed E-state index contributed by atoms with van der Waals surface area (Å²) in [6.07, 6.45) is -5.97. The number of nitrogens with zero attached hydrogens (tertiary/aromatic N) is 3. The number of pyridine rings is 2. The van der Waals surface area contributed by atoms with E-state index in [1.807, 2.05) is 4.90 Å². The van der Waals surface area contributed by atoms with Crippen molar-refractivity contribution in [1.29, 1.82) is 0 Å². The highest BCUT2D eigenvalue weighted by Gasteiger charge is 2.31. The van der Waals surface area contributed by atoms with Crippen LogP contribution in [-0.4, -0.2) is 23.1 Å². The predicted molar refractivity (Wildman–Crippen MR) is 89.5 cm³/mol. The molecule has 3 rings (SSSR count). The fourth-order valence-electron chi connectivity index (χ4n) is 2.43. The summed E-state index contributed by atoms with van der Waals surface area (Å²) in [5.41, 5.74) is -1.48. The molecule has 2 aromatic rings. The van der Waals surface area contributed by atoms with Gasteiger partial charge in [-0.15, -0.1) is 0 Å². The van der Waals surface area contributed by atoms with Crippen molar-refractivity contribution in [3.8, 4) is 0 Å². The van der Waals surface area contributed by atoms with E-state index in [2.05, 4.69) is 16.9 Å². The summed E-state index contributed by atoms with van der Waals surface area (Å²) in [5.74, 6) is 1.22. The average molecular weight is 412 g/mol. The van der Waals surface area contributed by atoms with Gasteiger partial charge in [-0.2, -0.15) is 26.3 Å². The fraction of sp³-hybridized carbons (Fsp3) is 0.412. The summed E-state index contributed by atoms with van der Waals surface area (Å²) in [4.78, 5) is 9.18. The minimum atomic E-state index is -4.34. The van der Waals surface area contributed by atoms with Crippen molar-refractivity contribution in [1.82, 2.24) is 9.97 Å². The van der Waals surface area contributed by atoms with E-state index in [0.717, 1.165) is 43.9 Å². The number of anilines is 1. The van der Waals surface area contributed by atoms with Crippen molar-refractivity contribution in [3.63, 3.8) is 0 Å². The van der Waals surface area contributed by atoms with Gasteiger partial charge in [-0.3, -0.25) is 0 Å². The van der Waals surface area contributed by atoms with E-state index in [-0.39, 0.29) is 5.15 Å². The standard InChI is InChI=1S/C11H13F3N2.C6H3ClF3N/c1-8-4-5-16(7-8)10-3-2-9(6-15-10)11(12,13)14;7-5-2-1-4(3-11-5)6(8,9)10/h2-3,6,8H,4-5,7H2,1H3;1-3H/t8-;/m0./s1. The lowest BCUT2D eigenvalue weighted by Crippen LogP contribution is -2.20. The first kappa shape index (κ1) is 21.3. The molecular weight excluding hydrogens is 396 g/mol. The molecule has 0 bridgehead atoms. The molecule has 3 nitrogen and oxygen atoms in total. The van der Waals surface area contributed by atoms with Crippen LogP contribution in [0.4, 0.5) is 32.2 Å². The van der Waals surface area contributed by atoms with Crippen molar-refractivity contribution in [2.75, 3.05) is 18.0 Å². The Bertz CT molecular complexity index is 728. The zero-order valence-corrected chi connectivity index (χ0v) is 14.9. The Hall–Kier alpha value is -2.03. The second-order valence-electron chi connectivity index (χ2n) is 6.11. The summed E-state index contributed by atoms with van der Waals surface area (Å²) >= 11 is 5.28. The third kappa shape index (κ3) is 6.27. The molecule has 2 aromatic heterocycles. The molecule has 3 heterocycles. The molecule has 1 atom stereocenters. The zero-order chi connectivity index (χ0) is 20.2. The summed E-state index contributed by atoms with van der Waals surface area (Å²) in [6.45, 7) is 3.88. The third-order valence-corrected chi connectivity index (χ3v) is 4.10. The molecule has 0 N–H and O–H groups in total. The first-order chi connectivity index (χ1) is 12.5. The van der Waals surface area contributed by atoms with Crippen LogP contribution in [0.1, 0.15) is 24.5 Å². The molecule has 1 aliphatic heterocycles. The fourth-order valence-corrected chi connectivity index (χ4v) is 2.54. The molecule has 148 valence electrons. The maximum atomic E-state index is 12.3. The van der Waals surface area contributed by atoms with Crippen LogP contribution in [0.5, 0.6) is 0 Å². The van der Waals surface area contributed by atoms with Crippen LogP contribution in [0.15, 0.2) is 36.7 Å². The van der Waals surface area contributed by atoms with Crippen LogP contribution in [0.3, 0.4) is 0 Å². The Kier molecular flexibility index (Phi) is 6.56. The Labute approximate surface area is 157 Å². The molecule has 0 aromatic carbocycles. The average Bonchev–Trinajstić information content (AvgIpc) is 3.01. The molecular formula is C17H16ClF6N3. The second-order valence-corrected chi connectivity index (χ2v) is 6.50. The van der Waals surface area contributed by atoms with Gasteiger partial charge in [-0.25, -0.2) is 9.97 Å². The van der Waals surface area contributed by atoms with Gasteiger partial charge in [0.25, 0.3) is 0 Å². The monoisotopic (exact) mass is 411 g/mol. The van der Waals surface area contributed by atoms with Gasteiger partial charge in [0.05, 0.1) is 11.1 Å². The smallest absolute Gasteiger partial charge is 0.356 e. The molecule has 0 unspecified atom stereocenters. The molecule has 1 aliphatic rings. The lowest BCUT2D eigenvalue weighted by molar-refractivity contribution is -0.138. The van der Waals surface area contributed by atoms with Crippen molar-refractivity contribution < 1.29 is 26.3 Å². The van der Waals surface area contributed by atoms with Crippen LogP contribution in [-0.2, 0) is 12.4 Å². The van der Waals surface area contributed by atoms with Gasteiger partial charge in [-0.05, 0) is 36.6 Å². The topological polar surface area (TPSA) is 29.0 Å². The van der Waals surface area contributed by atoms with E-state index >= 15 is 0 Å². The van der Waals surface area contributed by atoms with E-state index in [4.69, 9.17) is 11.6 Å². The van der Waals surface area contributed by atoms with E-state index in [1.54, 1.807) is 0 Å². The largest absolute Gasteiger partial charge is 0.417 e. The van der Waals surface area contributed by atoms with E-state index in [9.17, 15) is 26.3 Å². The minimum Gasteiger partial charge on any atom is -0.356 e. The first-order valence-corrected chi connectivity index (χ1v) is 8.31. The Morgan fingerprint density at radius 2 is 1.48 bits per heavy atom.